The van der Waals surface area contributed by atoms with Gasteiger partial charge in [-0.1, -0.05) is 45.4 Å². The summed E-state index contributed by atoms with van der Waals surface area (Å²) in [5.41, 5.74) is 0. The summed E-state index contributed by atoms with van der Waals surface area (Å²) in [6, 6.07) is 0. The molecule has 0 spiro atoms. The fraction of sp³-hybridized carbons (Fsp3) is 0.944. The second-order valence-corrected chi connectivity index (χ2v) is 6.84. The van der Waals surface area contributed by atoms with Crippen LogP contribution in [0.1, 0.15) is 110 Å². The van der Waals surface area contributed by atoms with Gasteiger partial charge in [0.15, 0.2) is 0 Å². The zero-order valence-corrected chi connectivity index (χ0v) is 16.1. The number of rotatable bonds is 17. The molecule has 0 aliphatic rings. The number of hydrogen-bond acceptors (Lipinski definition) is 3. The van der Waals surface area contributed by atoms with Crippen LogP contribution in [-0.2, 0) is 30.9 Å². The van der Waals surface area contributed by atoms with E-state index in [1.165, 1.54) is 83.5 Å². The van der Waals surface area contributed by atoms with Gasteiger partial charge in [-0.25, -0.2) is 0 Å². The molecule has 0 amide bonds. The molecule has 0 saturated heterocycles. The van der Waals surface area contributed by atoms with Crippen molar-refractivity contribution in [3.63, 3.8) is 0 Å². The summed E-state index contributed by atoms with van der Waals surface area (Å²) >= 11 is -1.69. The average Bonchev–Trinajstić information content (AvgIpc) is 2.51. The van der Waals surface area contributed by atoms with Crippen LogP contribution < -0.4 is 0 Å². The molecule has 0 rings (SSSR count). The standard InChI is InChI=1S/C18H36O2.O.Ti/c1-2-3-4-5-6-7-8-9-10-11-12-13-14-15-16-17-18(19)20;;/h2-17H2,1H3,(H,19,20);;/q;;+1/p-1. The Morgan fingerprint density at radius 3 is 1.41 bits per heavy atom. The van der Waals surface area contributed by atoms with Gasteiger partial charge in [-0.15, -0.1) is 0 Å². The van der Waals surface area contributed by atoms with Gasteiger partial charge in [0.2, 0.25) is 0 Å². The summed E-state index contributed by atoms with van der Waals surface area (Å²) in [4.78, 5) is 11.0. The van der Waals surface area contributed by atoms with E-state index in [9.17, 15) is 8.12 Å². The second-order valence-electron chi connectivity index (χ2n) is 6.26. The Balaban J connectivity index is 3.02. The van der Waals surface area contributed by atoms with Gasteiger partial charge >= 0.3 is 101 Å². The van der Waals surface area contributed by atoms with Gasteiger partial charge in [0.25, 0.3) is 0 Å². The van der Waals surface area contributed by atoms with E-state index in [0.717, 1.165) is 12.8 Å². The zero-order valence-electron chi connectivity index (χ0n) is 14.5. The molecule has 0 heterocycles. The van der Waals surface area contributed by atoms with Gasteiger partial charge in [-0.05, 0) is 0 Å². The van der Waals surface area contributed by atoms with Gasteiger partial charge in [-0.2, -0.15) is 0 Å². The van der Waals surface area contributed by atoms with Crippen molar-refractivity contribution in [1.82, 2.24) is 0 Å². The van der Waals surface area contributed by atoms with Crippen LogP contribution in [0.4, 0.5) is 0 Å². The van der Waals surface area contributed by atoms with Gasteiger partial charge in [-0.3, -0.25) is 0 Å². The first-order valence-corrected chi connectivity index (χ1v) is 10.7. The van der Waals surface area contributed by atoms with Crippen molar-refractivity contribution < 1.29 is 30.9 Å². The molecule has 0 fully saturated rings. The second kappa shape index (κ2) is 19.0. The third kappa shape index (κ3) is 18.0. The quantitative estimate of drug-likeness (QED) is 0.235. The van der Waals surface area contributed by atoms with Crippen LogP contribution in [0, 0.1) is 0 Å². The fourth-order valence-corrected chi connectivity index (χ4v) is 3.04. The number of carbonyl (C=O) groups is 1. The summed E-state index contributed by atoms with van der Waals surface area (Å²) < 4.78 is 14.7. The summed E-state index contributed by atoms with van der Waals surface area (Å²) in [6.07, 6.45) is 20.2. The summed E-state index contributed by atoms with van der Waals surface area (Å²) in [5.74, 6) is -0.287. The van der Waals surface area contributed by atoms with Gasteiger partial charge < -0.3 is 0 Å². The van der Waals surface area contributed by atoms with Crippen LogP contribution in [-0.4, -0.2) is 5.97 Å². The van der Waals surface area contributed by atoms with Crippen LogP contribution in [0.2, 0.25) is 0 Å². The van der Waals surface area contributed by atoms with Crippen molar-refractivity contribution in [2.75, 3.05) is 0 Å². The Morgan fingerprint density at radius 2 is 1.05 bits per heavy atom. The topological polar surface area (TPSA) is 43.4 Å². The first-order chi connectivity index (χ1) is 10.8. The van der Waals surface area contributed by atoms with Crippen molar-refractivity contribution in [2.24, 2.45) is 0 Å². The molecule has 22 heavy (non-hydrogen) atoms. The molecule has 0 radical (unpaired) electrons. The maximum absolute atomic E-state index is 11.0. The first kappa shape index (κ1) is 22.0. The van der Waals surface area contributed by atoms with Crippen molar-refractivity contribution in [3.05, 3.63) is 0 Å². The molecule has 0 saturated carbocycles. The van der Waals surface area contributed by atoms with Gasteiger partial charge in [0.05, 0.1) is 0 Å². The van der Waals surface area contributed by atoms with E-state index in [0.29, 0.717) is 6.42 Å². The summed E-state index contributed by atoms with van der Waals surface area (Å²) in [7, 11) is 0. The van der Waals surface area contributed by atoms with Crippen LogP contribution in [0.15, 0.2) is 0 Å². The van der Waals surface area contributed by atoms with E-state index < -0.39 is 19.5 Å². The average molecular weight is 347 g/mol. The van der Waals surface area contributed by atoms with E-state index in [-0.39, 0.29) is 5.97 Å². The summed E-state index contributed by atoms with van der Waals surface area (Å²) in [5, 5.41) is 0. The summed E-state index contributed by atoms with van der Waals surface area (Å²) in [6.45, 7) is 2.27. The number of unbranched alkanes of at least 4 members (excludes halogenated alkanes) is 14. The van der Waals surface area contributed by atoms with Crippen LogP contribution in [0.25, 0.3) is 0 Å². The van der Waals surface area contributed by atoms with E-state index in [1.54, 1.807) is 0 Å². The Labute approximate surface area is 146 Å². The Bertz CT molecular complexity index is 257. The van der Waals surface area contributed by atoms with E-state index in [1.807, 2.05) is 0 Å². The Kier molecular flexibility index (Phi) is 19.0. The van der Waals surface area contributed by atoms with E-state index in [4.69, 9.17) is 0 Å². The number of hydrogen-bond donors (Lipinski definition) is 0. The maximum atomic E-state index is 11.0. The molecule has 0 atom stereocenters. The molecule has 0 aromatic carbocycles. The van der Waals surface area contributed by atoms with Crippen molar-refractivity contribution in [1.29, 1.82) is 0 Å². The molecule has 0 aromatic rings. The minimum atomic E-state index is -1.69. The fourth-order valence-electron chi connectivity index (χ4n) is 2.74. The molecular formula is C18H35O3Ti. The normalized spacial score (nSPS) is 10.4. The molecule has 0 bridgehead atoms. The molecule has 0 aromatic heterocycles. The predicted molar refractivity (Wildman–Crippen MR) is 86.3 cm³/mol. The zero-order chi connectivity index (χ0) is 16.3. The Morgan fingerprint density at radius 1 is 0.682 bits per heavy atom. The molecule has 129 valence electrons. The van der Waals surface area contributed by atoms with Crippen molar-refractivity contribution >= 4 is 5.97 Å². The first-order valence-electron chi connectivity index (χ1n) is 9.38. The Hall–Kier alpha value is -0.0157. The van der Waals surface area contributed by atoms with Gasteiger partial charge in [0, 0.05) is 0 Å². The van der Waals surface area contributed by atoms with E-state index >= 15 is 0 Å². The van der Waals surface area contributed by atoms with Crippen LogP contribution in [0.5, 0.6) is 0 Å². The molecule has 3 nitrogen and oxygen atoms in total. The predicted octanol–water partition coefficient (Wildman–Crippen LogP) is 6.13. The third-order valence-corrected chi connectivity index (χ3v) is 4.63. The van der Waals surface area contributed by atoms with Crippen molar-refractivity contribution in [3.8, 4) is 0 Å². The molecule has 4 heteroatoms. The van der Waals surface area contributed by atoms with E-state index in [2.05, 4.69) is 10.2 Å². The molecule has 0 N–H and O–H groups in total. The third-order valence-electron chi connectivity index (χ3n) is 4.14. The number of carbonyl (C=O) groups excluding carboxylic acids is 1. The van der Waals surface area contributed by atoms with Crippen LogP contribution >= 0.6 is 0 Å². The monoisotopic (exact) mass is 347 g/mol. The molecule has 0 aliphatic heterocycles. The minimum absolute atomic E-state index is 0.287. The van der Waals surface area contributed by atoms with Crippen LogP contribution in [0.3, 0.4) is 0 Å². The molecule has 0 aliphatic carbocycles. The van der Waals surface area contributed by atoms with Gasteiger partial charge in [0.1, 0.15) is 0 Å². The SMILES string of the molecule is CCCCCCCCCCCCCCCCCC(=O)[O][Ti]=[O]. The van der Waals surface area contributed by atoms with Crippen molar-refractivity contribution in [2.45, 2.75) is 110 Å². The molecule has 0 unspecified atom stereocenters. The molecular weight excluding hydrogens is 312 g/mol.